The van der Waals surface area contributed by atoms with Crippen LogP contribution in [0.15, 0.2) is 72.4 Å². The van der Waals surface area contributed by atoms with Gasteiger partial charge in [0, 0.05) is 5.41 Å². The topological polar surface area (TPSA) is 38.7 Å². The molecule has 0 bridgehead atoms. The van der Waals surface area contributed by atoms with Gasteiger partial charge in [-0.25, -0.2) is 0 Å². The number of rotatable bonds is 7. The maximum Gasteiger partial charge on any atom is 0.261 e. The minimum atomic E-state index is -2.76. The van der Waals surface area contributed by atoms with E-state index in [2.05, 4.69) is 121 Å². The van der Waals surface area contributed by atoms with Crippen LogP contribution in [0.5, 0.6) is 0 Å². The zero-order chi connectivity index (χ0) is 24.5. The van der Waals surface area contributed by atoms with E-state index in [1.54, 1.807) is 0 Å². The van der Waals surface area contributed by atoms with Gasteiger partial charge in [0.05, 0.1) is 20.8 Å². The molecule has 1 N–H and O–H groups in total. The Morgan fingerprint density at radius 1 is 0.970 bits per heavy atom. The van der Waals surface area contributed by atoms with Crippen LogP contribution in [0.1, 0.15) is 34.6 Å². The Bertz CT molecular complexity index is 888. The highest BCUT2D eigenvalue weighted by Gasteiger charge is 2.56. The highest BCUT2D eigenvalue weighted by molar-refractivity contribution is 6.99. The molecule has 0 saturated carbocycles. The third-order valence-electron chi connectivity index (χ3n) is 6.57. The summed E-state index contributed by atoms with van der Waals surface area (Å²) in [6, 6.07) is 21.4. The molecule has 0 aliphatic carbocycles. The van der Waals surface area contributed by atoms with Crippen molar-refractivity contribution in [3.63, 3.8) is 0 Å². The molecular formula is C28H42O3Si2. The summed E-state index contributed by atoms with van der Waals surface area (Å²) in [6.07, 6.45) is 0.626. The first kappa shape index (κ1) is 26.1. The molecule has 0 aromatic heterocycles. The van der Waals surface area contributed by atoms with Crippen molar-refractivity contribution >= 4 is 26.8 Å². The van der Waals surface area contributed by atoms with E-state index in [4.69, 9.17) is 9.16 Å². The monoisotopic (exact) mass is 482 g/mol. The normalized spacial score (nSPS) is 22.6. The number of hydrogen-bond donors (Lipinski definition) is 1. The molecule has 0 radical (unpaired) electrons. The molecule has 3 atom stereocenters. The van der Waals surface area contributed by atoms with Gasteiger partial charge in [0.25, 0.3) is 8.32 Å². The van der Waals surface area contributed by atoms with Crippen molar-refractivity contribution in [3.05, 3.63) is 72.4 Å². The summed E-state index contributed by atoms with van der Waals surface area (Å²) in [6.45, 7) is 18.6. The SMILES string of the molecule is CC1(C)CO[C@@H]([C@@H](O)/C=C/[Si](C)(C)C)[C@@H]1O[Si](c1ccccc1)(c1ccccc1)C(C)(C)C. The molecule has 2 aromatic carbocycles. The number of ether oxygens (including phenoxy) is 1. The highest BCUT2D eigenvalue weighted by atomic mass is 28.4. The minimum Gasteiger partial charge on any atom is -0.401 e. The lowest BCUT2D eigenvalue weighted by Crippen LogP contribution is -2.69. The molecule has 0 spiro atoms. The summed E-state index contributed by atoms with van der Waals surface area (Å²) in [5, 5.41) is 13.6. The van der Waals surface area contributed by atoms with Gasteiger partial charge in [0.15, 0.2) is 0 Å². The first-order chi connectivity index (χ1) is 15.3. The van der Waals surface area contributed by atoms with Crippen molar-refractivity contribution in [3.8, 4) is 0 Å². The van der Waals surface area contributed by atoms with E-state index in [9.17, 15) is 5.11 Å². The van der Waals surface area contributed by atoms with Crippen molar-refractivity contribution in [2.24, 2.45) is 5.41 Å². The van der Waals surface area contributed by atoms with Gasteiger partial charge >= 0.3 is 0 Å². The first-order valence-corrected chi connectivity index (χ1v) is 17.5. The van der Waals surface area contributed by atoms with Gasteiger partial charge in [0.2, 0.25) is 0 Å². The summed E-state index contributed by atoms with van der Waals surface area (Å²) in [5.74, 6) is 0. The second kappa shape index (κ2) is 9.63. The molecule has 0 amide bonds. The number of hydrogen-bond acceptors (Lipinski definition) is 3. The Labute approximate surface area is 203 Å². The van der Waals surface area contributed by atoms with Gasteiger partial charge in [-0.3, -0.25) is 0 Å². The van der Waals surface area contributed by atoms with Gasteiger partial charge in [0.1, 0.15) is 12.2 Å². The maximum atomic E-state index is 11.2. The Balaban J connectivity index is 2.14. The lowest BCUT2D eigenvalue weighted by Gasteiger charge is -2.47. The van der Waals surface area contributed by atoms with E-state index >= 15 is 0 Å². The van der Waals surface area contributed by atoms with Crippen LogP contribution in [-0.2, 0) is 9.16 Å². The summed E-state index contributed by atoms with van der Waals surface area (Å²) >= 11 is 0. The molecule has 33 heavy (non-hydrogen) atoms. The van der Waals surface area contributed by atoms with Crippen LogP contribution in [0.25, 0.3) is 0 Å². The molecule has 3 rings (SSSR count). The summed E-state index contributed by atoms with van der Waals surface area (Å²) in [5.41, 5.74) is 1.98. The number of aliphatic hydroxyl groups excluding tert-OH is 1. The van der Waals surface area contributed by atoms with E-state index in [1.807, 2.05) is 6.08 Å². The standard InChI is InChI=1S/C28H42O3Si2/c1-27(2,3)33(22-15-11-9-12-16-22,23-17-13-10-14-18-23)31-26-25(30-21-28(26,4)5)24(29)19-20-32(6,7)8/h9-20,24-26,29H,21H2,1-8H3/b20-19+/t24-,25-,26-/m0/s1. The van der Waals surface area contributed by atoms with Crippen LogP contribution < -0.4 is 10.4 Å². The van der Waals surface area contributed by atoms with Crippen molar-refractivity contribution < 1.29 is 14.3 Å². The van der Waals surface area contributed by atoms with Gasteiger partial charge < -0.3 is 14.3 Å². The zero-order valence-corrected chi connectivity index (χ0v) is 23.6. The molecule has 5 heteroatoms. The molecule has 1 saturated heterocycles. The third-order valence-corrected chi connectivity index (χ3v) is 12.8. The number of aliphatic hydroxyl groups is 1. The highest BCUT2D eigenvalue weighted by Crippen LogP contribution is 2.44. The molecule has 1 fully saturated rings. The van der Waals surface area contributed by atoms with Crippen LogP contribution in [0.2, 0.25) is 24.7 Å². The predicted octanol–water partition coefficient (Wildman–Crippen LogP) is 5.15. The van der Waals surface area contributed by atoms with E-state index in [1.165, 1.54) is 10.4 Å². The lowest BCUT2D eigenvalue weighted by molar-refractivity contribution is -0.0245. The third kappa shape index (κ3) is 5.60. The molecule has 1 heterocycles. The smallest absolute Gasteiger partial charge is 0.261 e. The van der Waals surface area contributed by atoms with Crippen molar-refractivity contribution in [2.45, 2.75) is 77.6 Å². The fourth-order valence-electron chi connectivity index (χ4n) is 4.81. The van der Waals surface area contributed by atoms with E-state index in [0.29, 0.717) is 6.61 Å². The predicted molar refractivity (Wildman–Crippen MR) is 145 cm³/mol. The quantitative estimate of drug-likeness (QED) is 0.555. The van der Waals surface area contributed by atoms with Crippen LogP contribution >= 0.6 is 0 Å². The largest absolute Gasteiger partial charge is 0.401 e. The van der Waals surface area contributed by atoms with Crippen LogP contribution in [0.4, 0.5) is 0 Å². The van der Waals surface area contributed by atoms with Crippen LogP contribution in [-0.4, -0.2) is 46.4 Å². The first-order valence-electron chi connectivity index (χ1n) is 12.1. The zero-order valence-electron chi connectivity index (χ0n) is 21.6. The molecular weight excluding hydrogens is 440 g/mol. The lowest BCUT2D eigenvalue weighted by atomic mass is 9.86. The van der Waals surface area contributed by atoms with E-state index in [0.717, 1.165) is 0 Å². The summed E-state index contributed by atoms with van der Waals surface area (Å²) in [7, 11) is -4.20. The molecule has 0 unspecified atom stereocenters. The van der Waals surface area contributed by atoms with Crippen LogP contribution in [0.3, 0.4) is 0 Å². The Morgan fingerprint density at radius 3 is 1.88 bits per heavy atom. The fourth-order valence-corrected chi connectivity index (χ4v) is 10.4. The average molecular weight is 483 g/mol. The van der Waals surface area contributed by atoms with E-state index in [-0.39, 0.29) is 16.6 Å². The summed E-state index contributed by atoms with van der Waals surface area (Å²) < 4.78 is 13.7. The fraction of sp³-hybridized carbons (Fsp3) is 0.500. The Hall–Kier alpha value is -1.51. The van der Waals surface area contributed by atoms with Gasteiger partial charge in [-0.1, -0.05) is 127 Å². The van der Waals surface area contributed by atoms with Crippen molar-refractivity contribution in [2.75, 3.05) is 6.61 Å². The van der Waals surface area contributed by atoms with Crippen molar-refractivity contribution in [1.82, 2.24) is 0 Å². The Kier molecular flexibility index (Phi) is 7.61. The van der Waals surface area contributed by atoms with Gasteiger partial charge in [-0.15, -0.1) is 0 Å². The summed E-state index contributed by atoms with van der Waals surface area (Å²) in [4.78, 5) is 0. The van der Waals surface area contributed by atoms with Crippen molar-refractivity contribution in [1.29, 1.82) is 0 Å². The van der Waals surface area contributed by atoms with Gasteiger partial charge in [-0.2, -0.15) is 0 Å². The van der Waals surface area contributed by atoms with E-state index < -0.39 is 28.6 Å². The molecule has 1 aliphatic heterocycles. The number of benzene rings is 2. The Morgan fingerprint density at radius 2 is 1.45 bits per heavy atom. The minimum absolute atomic E-state index is 0.127. The van der Waals surface area contributed by atoms with Gasteiger partial charge in [-0.05, 0) is 15.4 Å². The molecule has 3 nitrogen and oxygen atoms in total. The molecule has 1 aliphatic rings. The maximum absolute atomic E-state index is 11.2. The molecule has 180 valence electrons. The van der Waals surface area contributed by atoms with Crippen LogP contribution in [0, 0.1) is 5.41 Å². The molecule has 2 aromatic rings. The second-order valence-electron chi connectivity index (χ2n) is 12.2. The second-order valence-corrected chi connectivity index (χ2v) is 21.5. The average Bonchev–Trinajstić information content (AvgIpc) is 3.04.